The number of benzene rings is 3. The van der Waals surface area contributed by atoms with Crippen LogP contribution in [0.3, 0.4) is 0 Å². The Morgan fingerprint density at radius 1 is 0.903 bits per heavy atom. The summed E-state index contributed by atoms with van der Waals surface area (Å²) in [5.41, 5.74) is 4.75. The van der Waals surface area contributed by atoms with Crippen molar-refractivity contribution in [1.29, 1.82) is 0 Å². The van der Waals surface area contributed by atoms with E-state index < -0.39 is 0 Å². The molecule has 7 heteroatoms. The van der Waals surface area contributed by atoms with Crippen LogP contribution in [0, 0.1) is 6.92 Å². The molecule has 5 nitrogen and oxygen atoms in total. The number of carbonyl (C=O) groups excluding carboxylic acids is 2. The van der Waals surface area contributed by atoms with Gasteiger partial charge in [0, 0.05) is 28.0 Å². The summed E-state index contributed by atoms with van der Waals surface area (Å²) in [5, 5.41) is 4.85. The molecule has 1 aromatic heterocycles. The van der Waals surface area contributed by atoms with Crippen molar-refractivity contribution in [3.05, 3.63) is 94.6 Å². The summed E-state index contributed by atoms with van der Waals surface area (Å²) in [6, 6.07) is 20.1. The van der Waals surface area contributed by atoms with Gasteiger partial charge in [0.25, 0.3) is 11.8 Å². The van der Waals surface area contributed by atoms with Crippen LogP contribution in [0.5, 0.6) is 0 Å². The van der Waals surface area contributed by atoms with Gasteiger partial charge in [0.1, 0.15) is 0 Å². The minimum atomic E-state index is -0.360. The van der Waals surface area contributed by atoms with Crippen LogP contribution in [0.1, 0.15) is 26.3 Å². The second kappa shape index (κ2) is 8.02. The zero-order valence-electron chi connectivity index (χ0n) is 16.4. The van der Waals surface area contributed by atoms with E-state index in [1.807, 2.05) is 49.4 Å². The van der Waals surface area contributed by atoms with Crippen LogP contribution >= 0.6 is 24.0 Å². The van der Waals surface area contributed by atoms with Gasteiger partial charge < -0.3 is 5.32 Å². The smallest absolute Gasteiger partial charge is 0.266 e. The van der Waals surface area contributed by atoms with Crippen molar-refractivity contribution >= 4 is 63.8 Å². The molecule has 2 amide bonds. The number of amides is 2. The summed E-state index contributed by atoms with van der Waals surface area (Å²) in [6.07, 6.45) is 1.76. The molecule has 3 aromatic carbocycles. The third kappa shape index (κ3) is 3.52. The monoisotopic (exact) mass is 449 g/mol. The van der Waals surface area contributed by atoms with E-state index >= 15 is 0 Å². The molecule has 1 aliphatic rings. The third-order valence-electron chi connectivity index (χ3n) is 5.21. The number of fused-ring (bicyclic) bond motifs is 2. The molecule has 0 fully saturated rings. The molecular weight excluding hydrogens is 433 g/mol. The molecule has 5 rings (SSSR count). The van der Waals surface area contributed by atoms with Gasteiger partial charge in [-0.1, -0.05) is 29.8 Å². The highest BCUT2D eigenvalue weighted by atomic mass is 35.5. The zero-order chi connectivity index (χ0) is 20.8. The van der Waals surface area contributed by atoms with Gasteiger partial charge in [0.05, 0.1) is 22.3 Å². The Kier molecular flexibility index (Phi) is 5.39. The molecule has 1 aliphatic heterocycles. The van der Waals surface area contributed by atoms with Crippen LogP contribution in [0.15, 0.2) is 72.9 Å². The Balaban J connectivity index is 0.00000231. The first-order chi connectivity index (χ1) is 14.5. The highest BCUT2D eigenvalue weighted by Gasteiger charge is 2.37. The van der Waals surface area contributed by atoms with Crippen molar-refractivity contribution < 1.29 is 9.59 Å². The lowest BCUT2D eigenvalue weighted by molar-refractivity contribution is 0.0926. The van der Waals surface area contributed by atoms with Crippen molar-refractivity contribution in [2.75, 3.05) is 10.2 Å². The van der Waals surface area contributed by atoms with Gasteiger partial charge in [-0.05, 0) is 61.0 Å². The molecular formula is C24H17Cl2N3O2. The van der Waals surface area contributed by atoms with E-state index in [9.17, 15) is 9.59 Å². The van der Waals surface area contributed by atoms with Crippen LogP contribution in [0.25, 0.3) is 10.9 Å². The zero-order valence-corrected chi connectivity index (χ0v) is 18.0. The molecule has 0 spiro atoms. The molecule has 4 aromatic rings. The quantitative estimate of drug-likeness (QED) is 0.380. The van der Waals surface area contributed by atoms with Crippen molar-refractivity contribution in [2.24, 2.45) is 0 Å². The number of rotatable bonds is 3. The molecule has 31 heavy (non-hydrogen) atoms. The summed E-state index contributed by atoms with van der Waals surface area (Å²) in [4.78, 5) is 31.3. The van der Waals surface area contributed by atoms with E-state index in [2.05, 4.69) is 10.3 Å². The standard InChI is InChI=1S/C24H16ClN3O2.ClH/c1-14-12-16(27-21-10-11-26-20-5-3-2-4-18(20)21)7-9-22(14)28-23(29)17-8-6-15(25)13-19(17)24(28)30;/h2-13H,1H3,(H,26,27);1H. The van der Waals surface area contributed by atoms with Crippen molar-refractivity contribution in [3.8, 4) is 0 Å². The summed E-state index contributed by atoms with van der Waals surface area (Å²) in [7, 11) is 0. The highest BCUT2D eigenvalue weighted by molar-refractivity contribution is 6.36. The summed E-state index contributed by atoms with van der Waals surface area (Å²) in [5.74, 6) is -0.697. The number of hydrogen-bond donors (Lipinski definition) is 1. The molecule has 0 radical (unpaired) electrons. The third-order valence-corrected chi connectivity index (χ3v) is 5.45. The fourth-order valence-electron chi connectivity index (χ4n) is 3.78. The molecule has 1 N–H and O–H groups in total. The van der Waals surface area contributed by atoms with Crippen LogP contribution in [0.4, 0.5) is 17.1 Å². The van der Waals surface area contributed by atoms with E-state index in [0.29, 0.717) is 21.8 Å². The van der Waals surface area contributed by atoms with Gasteiger partial charge in [0.15, 0.2) is 0 Å². The Morgan fingerprint density at radius 2 is 1.68 bits per heavy atom. The predicted octanol–water partition coefficient (Wildman–Crippen LogP) is 6.16. The Bertz CT molecular complexity index is 1350. The van der Waals surface area contributed by atoms with Crippen molar-refractivity contribution in [3.63, 3.8) is 0 Å². The average molecular weight is 450 g/mol. The van der Waals surface area contributed by atoms with Gasteiger partial charge >= 0.3 is 0 Å². The maximum atomic E-state index is 12.9. The van der Waals surface area contributed by atoms with Gasteiger partial charge in [0.2, 0.25) is 0 Å². The Labute approximate surface area is 190 Å². The normalized spacial score (nSPS) is 12.6. The van der Waals surface area contributed by atoms with Crippen molar-refractivity contribution in [1.82, 2.24) is 4.98 Å². The summed E-state index contributed by atoms with van der Waals surface area (Å²) < 4.78 is 0. The maximum absolute atomic E-state index is 12.9. The fourth-order valence-corrected chi connectivity index (χ4v) is 3.95. The molecule has 0 atom stereocenters. The molecule has 0 bridgehead atoms. The first kappa shape index (κ1) is 20.8. The number of para-hydroxylation sites is 1. The number of halogens is 2. The van der Waals surface area contributed by atoms with Gasteiger partial charge in [-0.25, -0.2) is 4.90 Å². The van der Waals surface area contributed by atoms with Crippen LogP contribution in [-0.4, -0.2) is 16.8 Å². The number of nitrogens with zero attached hydrogens (tertiary/aromatic N) is 2. The average Bonchev–Trinajstić information content (AvgIpc) is 2.98. The molecule has 0 saturated heterocycles. The Hall–Kier alpha value is -3.41. The number of aromatic nitrogens is 1. The predicted molar refractivity (Wildman–Crippen MR) is 126 cm³/mol. The number of carbonyl (C=O) groups is 2. The number of aryl methyl sites for hydroxylation is 1. The fraction of sp³-hybridized carbons (Fsp3) is 0.0417. The van der Waals surface area contributed by atoms with Gasteiger partial charge in [-0.2, -0.15) is 0 Å². The Morgan fingerprint density at radius 3 is 2.48 bits per heavy atom. The SMILES string of the molecule is Cc1cc(Nc2ccnc3ccccc23)ccc1N1C(=O)c2ccc(Cl)cc2C1=O.Cl. The lowest BCUT2D eigenvalue weighted by Crippen LogP contribution is -2.30. The topological polar surface area (TPSA) is 62.3 Å². The van der Waals surface area contributed by atoms with E-state index in [4.69, 9.17) is 11.6 Å². The van der Waals surface area contributed by atoms with E-state index in [-0.39, 0.29) is 24.2 Å². The first-order valence-corrected chi connectivity index (χ1v) is 9.80. The van der Waals surface area contributed by atoms with E-state index in [1.165, 1.54) is 11.0 Å². The molecule has 0 aliphatic carbocycles. The number of anilines is 3. The first-order valence-electron chi connectivity index (χ1n) is 9.43. The second-order valence-electron chi connectivity index (χ2n) is 7.14. The largest absolute Gasteiger partial charge is 0.355 e. The molecule has 0 saturated carbocycles. The van der Waals surface area contributed by atoms with Crippen LogP contribution in [0.2, 0.25) is 5.02 Å². The number of hydrogen-bond acceptors (Lipinski definition) is 4. The molecule has 154 valence electrons. The minimum absolute atomic E-state index is 0. The second-order valence-corrected chi connectivity index (χ2v) is 7.57. The van der Waals surface area contributed by atoms with Gasteiger partial charge in [-0.15, -0.1) is 12.4 Å². The van der Waals surface area contributed by atoms with Crippen LogP contribution < -0.4 is 10.2 Å². The lowest BCUT2D eigenvalue weighted by Gasteiger charge is -2.18. The number of nitrogens with one attached hydrogen (secondary N) is 1. The maximum Gasteiger partial charge on any atom is 0.266 e. The minimum Gasteiger partial charge on any atom is -0.355 e. The number of pyridine rings is 1. The van der Waals surface area contributed by atoms with Gasteiger partial charge in [-0.3, -0.25) is 14.6 Å². The lowest BCUT2D eigenvalue weighted by atomic mass is 10.1. The highest BCUT2D eigenvalue weighted by Crippen LogP contribution is 2.34. The van der Waals surface area contributed by atoms with E-state index in [0.717, 1.165) is 27.8 Å². The van der Waals surface area contributed by atoms with E-state index in [1.54, 1.807) is 24.4 Å². The van der Waals surface area contributed by atoms with Crippen molar-refractivity contribution in [2.45, 2.75) is 6.92 Å². The number of imide groups is 1. The summed E-state index contributed by atoms with van der Waals surface area (Å²) in [6.45, 7) is 1.88. The molecule has 2 heterocycles. The molecule has 0 unspecified atom stereocenters. The van der Waals surface area contributed by atoms with Crippen LogP contribution in [-0.2, 0) is 0 Å². The summed E-state index contributed by atoms with van der Waals surface area (Å²) >= 11 is 6.01.